The van der Waals surface area contributed by atoms with Crippen molar-refractivity contribution in [3.63, 3.8) is 0 Å². The summed E-state index contributed by atoms with van der Waals surface area (Å²) in [5.41, 5.74) is -0.558. The molecule has 1 amide bonds. The summed E-state index contributed by atoms with van der Waals surface area (Å²) in [4.78, 5) is 25.9. The fourth-order valence-electron chi connectivity index (χ4n) is 2.13. The van der Waals surface area contributed by atoms with Crippen molar-refractivity contribution < 1.29 is 19.1 Å². The first-order chi connectivity index (χ1) is 10.2. The quantitative estimate of drug-likeness (QED) is 0.798. The average molecular weight is 326 g/mol. The van der Waals surface area contributed by atoms with Gasteiger partial charge in [0.05, 0.1) is 12.3 Å². The number of carbonyl (C=O) groups excluding carboxylic acids is 2. The molecular weight excluding hydrogens is 306 g/mol. The molecule has 6 heteroatoms. The Hall–Kier alpha value is -1.75. The Morgan fingerprint density at radius 1 is 1.41 bits per heavy atom. The van der Waals surface area contributed by atoms with Gasteiger partial charge in [-0.2, -0.15) is 0 Å². The molecule has 22 heavy (non-hydrogen) atoms. The first-order valence-electron chi connectivity index (χ1n) is 7.17. The molecule has 0 saturated heterocycles. The SMILES string of the molecule is CC(C)COC(=O)CN1C(=O)C(C)(C)Oc2ccc(Cl)cc21. The molecule has 0 aromatic heterocycles. The summed E-state index contributed by atoms with van der Waals surface area (Å²) in [6.45, 7) is 7.39. The van der Waals surface area contributed by atoms with Crippen molar-refractivity contribution in [1.82, 2.24) is 0 Å². The fraction of sp³-hybridized carbons (Fsp3) is 0.500. The van der Waals surface area contributed by atoms with Gasteiger partial charge in [0.2, 0.25) is 0 Å². The van der Waals surface area contributed by atoms with Crippen LogP contribution in [0, 0.1) is 5.92 Å². The highest BCUT2D eigenvalue weighted by molar-refractivity contribution is 6.31. The van der Waals surface area contributed by atoms with E-state index in [0.29, 0.717) is 23.1 Å². The smallest absolute Gasteiger partial charge is 0.326 e. The third kappa shape index (κ3) is 3.53. The van der Waals surface area contributed by atoms with Crippen molar-refractivity contribution in [3.8, 4) is 5.75 Å². The molecule has 0 saturated carbocycles. The summed E-state index contributed by atoms with van der Waals surface area (Å²) >= 11 is 5.99. The first kappa shape index (κ1) is 16.6. The van der Waals surface area contributed by atoms with Crippen molar-refractivity contribution in [2.75, 3.05) is 18.1 Å². The third-order valence-electron chi connectivity index (χ3n) is 3.20. The Morgan fingerprint density at radius 3 is 2.73 bits per heavy atom. The number of fused-ring (bicyclic) bond motifs is 1. The lowest BCUT2D eigenvalue weighted by Crippen LogP contribution is -2.54. The van der Waals surface area contributed by atoms with Crippen LogP contribution in [-0.4, -0.2) is 30.6 Å². The summed E-state index contributed by atoms with van der Waals surface area (Å²) in [7, 11) is 0. The van der Waals surface area contributed by atoms with Crippen LogP contribution >= 0.6 is 11.6 Å². The molecular formula is C16H20ClNO4. The Morgan fingerprint density at radius 2 is 2.09 bits per heavy atom. The van der Waals surface area contributed by atoms with Crippen LogP contribution in [0.1, 0.15) is 27.7 Å². The molecule has 1 heterocycles. The van der Waals surface area contributed by atoms with E-state index in [9.17, 15) is 9.59 Å². The highest BCUT2D eigenvalue weighted by Crippen LogP contribution is 2.39. The summed E-state index contributed by atoms with van der Waals surface area (Å²) in [6, 6.07) is 4.99. The molecule has 0 spiro atoms. The predicted octanol–water partition coefficient (Wildman–Crippen LogP) is 3.04. The molecule has 1 aromatic carbocycles. The summed E-state index contributed by atoms with van der Waals surface area (Å²) < 4.78 is 10.9. The zero-order chi connectivity index (χ0) is 16.5. The van der Waals surface area contributed by atoms with E-state index in [1.807, 2.05) is 13.8 Å². The lowest BCUT2D eigenvalue weighted by atomic mass is 10.0. The molecule has 0 unspecified atom stereocenters. The molecule has 2 rings (SSSR count). The van der Waals surface area contributed by atoms with Crippen LogP contribution in [0.15, 0.2) is 18.2 Å². The predicted molar refractivity (Wildman–Crippen MR) is 84.3 cm³/mol. The molecule has 0 N–H and O–H groups in total. The highest BCUT2D eigenvalue weighted by Gasteiger charge is 2.41. The summed E-state index contributed by atoms with van der Waals surface area (Å²) in [5, 5.41) is 0.468. The molecule has 120 valence electrons. The van der Waals surface area contributed by atoms with Crippen molar-refractivity contribution in [3.05, 3.63) is 23.2 Å². The maximum atomic E-state index is 12.5. The zero-order valence-electron chi connectivity index (χ0n) is 13.2. The van der Waals surface area contributed by atoms with Crippen LogP contribution in [0.4, 0.5) is 5.69 Å². The number of ether oxygens (including phenoxy) is 2. The normalized spacial score (nSPS) is 16.3. The number of esters is 1. The number of carbonyl (C=O) groups is 2. The molecule has 0 fully saturated rings. The minimum absolute atomic E-state index is 0.161. The summed E-state index contributed by atoms with van der Waals surface area (Å²) in [5.74, 6) is 0.00242. The maximum absolute atomic E-state index is 12.5. The van der Waals surface area contributed by atoms with Crippen LogP contribution < -0.4 is 9.64 Å². The van der Waals surface area contributed by atoms with Gasteiger partial charge in [0.15, 0.2) is 5.60 Å². The van der Waals surface area contributed by atoms with Gasteiger partial charge < -0.3 is 9.47 Å². The zero-order valence-corrected chi connectivity index (χ0v) is 13.9. The van der Waals surface area contributed by atoms with Crippen LogP contribution in [0.25, 0.3) is 0 Å². The largest absolute Gasteiger partial charge is 0.476 e. The van der Waals surface area contributed by atoms with E-state index in [0.717, 1.165) is 0 Å². The molecule has 0 atom stereocenters. The van der Waals surface area contributed by atoms with Gasteiger partial charge in [0.25, 0.3) is 5.91 Å². The average Bonchev–Trinajstić information content (AvgIpc) is 2.42. The van der Waals surface area contributed by atoms with Crippen molar-refractivity contribution in [2.24, 2.45) is 5.92 Å². The number of benzene rings is 1. The molecule has 0 bridgehead atoms. The highest BCUT2D eigenvalue weighted by atomic mass is 35.5. The number of nitrogens with zero attached hydrogens (tertiary/aromatic N) is 1. The van der Waals surface area contributed by atoms with Gasteiger partial charge in [-0.3, -0.25) is 14.5 Å². The Kier molecular flexibility index (Phi) is 4.66. The van der Waals surface area contributed by atoms with E-state index >= 15 is 0 Å². The Balaban J connectivity index is 2.26. The molecule has 0 aliphatic carbocycles. The number of hydrogen-bond acceptors (Lipinski definition) is 4. The van der Waals surface area contributed by atoms with Gasteiger partial charge in [-0.1, -0.05) is 25.4 Å². The Labute approximate surface area is 135 Å². The van der Waals surface area contributed by atoms with Crippen molar-refractivity contribution in [2.45, 2.75) is 33.3 Å². The second kappa shape index (κ2) is 6.16. The maximum Gasteiger partial charge on any atom is 0.326 e. The van der Waals surface area contributed by atoms with E-state index in [2.05, 4.69) is 0 Å². The number of anilines is 1. The molecule has 1 aliphatic heterocycles. The van der Waals surface area contributed by atoms with Gasteiger partial charge >= 0.3 is 5.97 Å². The van der Waals surface area contributed by atoms with Crippen LogP contribution in [-0.2, 0) is 14.3 Å². The van der Waals surface area contributed by atoms with Gasteiger partial charge in [0.1, 0.15) is 12.3 Å². The van der Waals surface area contributed by atoms with E-state index < -0.39 is 11.6 Å². The summed E-state index contributed by atoms with van der Waals surface area (Å²) in [6.07, 6.45) is 0. The lowest BCUT2D eigenvalue weighted by molar-refractivity contribution is -0.145. The molecule has 1 aliphatic rings. The molecule has 1 aromatic rings. The Bertz CT molecular complexity index is 598. The van der Waals surface area contributed by atoms with Crippen LogP contribution in [0.2, 0.25) is 5.02 Å². The van der Waals surface area contributed by atoms with Crippen molar-refractivity contribution in [1.29, 1.82) is 0 Å². The van der Waals surface area contributed by atoms with Gasteiger partial charge in [-0.25, -0.2) is 0 Å². The van der Waals surface area contributed by atoms with E-state index in [4.69, 9.17) is 21.1 Å². The lowest BCUT2D eigenvalue weighted by Gasteiger charge is -2.38. The van der Waals surface area contributed by atoms with E-state index in [1.165, 1.54) is 4.90 Å². The monoisotopic (exact) mass is 325 g/mol. The standard InChI is InChI=1S/C16H20ClNO4/c1-10(2)9-21-14(19)8-18-12-7-11(17)5-6-13(12)22-16(3,4)15(18)20/h5-7,10H,8-9H2,1-4H3. The minimum Gasteiger partial charge on any atom is -0.476 e. The van der Waals surface area contributed by atoms with Gasteiger partial charge in [-0.15, -0.1) is 0 Å². The van der Waals surface area contributed by atoms with Gasteiger partial charge in [-0.05, 0) is 38.0 Å². The third-order valence-corrected chi connectivity index (χ3v) is 3.44. The number of rotatable bonds is 4. The number of amides is 1. The number of hydrogen-bond donors (Lipinski definition) is 0. The second-order valence-corrected chi connectivity index (χ2v) is 6.63. The van der Waals surface area contributed by atoms with E-state index in [1.54, 1.807) is 32.0 Å². The van der Waals surface area contributed by atoms with E-state index in [-0.39, 0.29) is 18.4 Å². The first-order valence-corrected chi connectivity index (χ1v) is 7.54. The topological polar surface area (TPSA) is 55.8 Å². The van der Waals surface area contributed by atoms with Crippen molar-refractivity contribution >= 4 is 29.2 Å². The number of halogens is 1. The molecule has 0 radical (unpaired) electrons. The fourth-order valence-corrected chi connectivity index (χ4v) is 2.30. The minimum atomic E-state index is -1.04. The van der Waals surface area contributed by atoms with Gasteiger partial charge in [0, 0.05) is 5.02 Å². The van der Waals surface area contributed by atoms with Crippen LogP contribution in [0.3, 0.4) is 0 Å². The molecule has 5 nitrogen and oxygen atoms in total. The van der Waals surface area contributed by atoms with Crippen LogP contribution in [0.5, 0.6) is 5.75 Å². The second-order valence-electron chi connectivity index (χ2n) is 6.19.